The van der Waals surface area contributed by atoms with Gasteiger partial charge in [0.1, 0.15) is 6.04 Å². The van der Waals surface area contributed by atoms with Crippen LogP contribution in [0.5, 0.6) is 0 Å². The predicted molar refractivity (Wildman–Crippen MR) is 27.8 cm³/mol. The van der Waals surface area contributed by atoms with E-state index in [1.807, 2.05) is 0 Å². The smallest absolute Gasteiger partial charge is 0.323 e. The van der Waals surface area contributed by atoms with Crippen LogP contribution in [0, 0.1) is 0 Å². The predicted octanol–water partition coefficient (Wildman–Crippen LogP) is -2.36. The maximum Gasteiger partial charge on any atom is 0.323 e. The fourth-order valence-electron chi connectivity index (χ4n) is 0.165. The molecule has 5 heteroatoms. The van der Waals surface area contributed by atoms with E-state index in [0.29, 0.717) is 0 Å². The summed E-state index contributed by atoms with van der Waals surface area (Å²) in [6, 6.07) is -1.16. The van der Waals surface area contributed by atoms with Crippen LogP contribution in [0.4, 0.5) is 0 Å². The number of hydrogen-bond acceptors (Lipinski definition) is 4. The van der Waals surface area contributed by atoms with Crippen LogP contribution in [0.15, 0.2) is 0 Å². The number of carboxylic acid groups (broad SMARTS) is 1. The number of carbonyl (C=O) groups is 1. The summed E-state index contributed by atoms with van der Waals surface area (Å²) in [5.74, 6) is -1.18. The van der Waals surface area contributed by atoms with Gasteiger partial charge in [0.2, 0.25) is 0 Å². The molecular formula is C3H9N3O2. The second-order valence-electron chi connectivity index (χ2n) is 1.44. The Labute approximate surface area is 46.4 Å². The van der Waals surface area contributed by atoms with Crippen LogP contribution in [-0.4, -0.2) is 23.3 Å². The quantitative estimate of drug-likeness (QED) is 0.303. The highest BCUT2D eigenvalue weighted by Gasteiger charge is 2.15. The Morgan fingerprint density at radius 2 is 1.75 bits per heavy atom. The molecule has 5 nitrogen and oxygen atoms in total. The third-order valence-electron chi connectivity index (χ3n) is 0.700. The SMILES string of the molecule is NC(N)[C@H](N)C(=O)O. The fraction of sp³-hybridized carbons (Fsp3) is 0.667. The number of hydrogen-bond donors (Lipinski definition) is 4. The van der Waals surface area contributed by atoms with Crippen molar-refractivity contribution in [2.24, 2.45) is 17.2 Å². The lowest BCUT2D eigenvalue weighted by Crippen LogP contribution is -2.52. The van der Waals surface area contributed by atoms with Crippen molar-refractivity contribution in [2.75, 3.05) is 0 Å². The van der Waals surface area contributed by atoms with E-state index in [9.17, 15) is 4.79 Å². The lowest BCUT2D eigenvalue weighted by molar-refractivity contribution is -0.138. The Balaban J connectivity index is 3.64. The summed E-state index contributed by atoms with van der Waals surface area (Å²) >= 11 is 0. The molecule has 0 radical (unpaired) electrons. The Hall–Kier alpha value is -0.650. The summed E-state index contributed by atoms with van der Waals surface area (Å²) in [7, 11) is 0. The second-order valence-corrected chi connectivity index (χ2v) is 1.44. The van der Waals surface area contributed by atoms with Gasteiger partial charge in [0, 0.05) is 0 Å². The molecule has 8 heavy (non-hydrogen) atoms. The standard InChI is InChI=1S/C3H9N3O2/c4-1(2(5)6)3(7)8/h1-2H,4-6H2,(H,7,8)/t1-/m0/s1. The van der Waals surface area contributed by atoms with Crippen LogP contribution >= 0.6 is 0 Å². The molecule has 0 aliphatic rings. The summed E-state index contributed by atoms with van der Waals surface area (Å²) in [5, 5.41) is 8.07. The molecule has 0 saturated carbocycles. The van der Waals surface area contributed by atoms with E-state index < -0.39 is 18.2 Å². The Morgan fingerprint density at radius 3 is 1.75 bits per heavy atom. The third kappa shape index (κ3) is 1.87. The van der Waals surface area contributed by atoms with Gasteiger partial charge in [-0.2, -0.15) is 0 Å². The zero-order valence-corrected chi connectivity index (χ0v) is 4.24. The van der Waals surface area contributed by atoms with Crippen molar-refractivity contribution in [3.8, 4) is 0 Å². The van der Waals surface area contributed by atoms with Crippen molar-refractivity contribution in [1.29, 1.82) is 0 Å². The first-order valence-electron chi connectivity index (χ1n) is 2.05. The van der Waals surface area contributed by atoms with Crippen LogP contribution in [0.25, 0.3) is 0 Å². The normalized spacial score (nSPS) is 14.0. The van der Waals surface area contributed by atoms with Gasteiger partial charge in [-0.25, -0.2) is 0 Å². The van der Waals surface area contributed by atoms with Crippen LogP contribution in [0.1, 0.15) is 0 Å². The minimum Gasteiger partial charge on any atom is -0.480 e. The largest absolute Gasteiger partial charge is 0.480 e. The van der Waals surface area contributed by atoms with Gasteiger partial charge in [-0.05, 0) is 0 Å². The van der Waals surface area contributed by atoms with Gasteiger partial charge in [0.25, 0.3) is 0 Å². The lowest BCUT2D eigenvalue weighted by Gasteiger charge is -2.08. The van der Waals surface area contributed by atoms with Gasteiger partial charge < -0.3 is 22.3 Å². The zero-order valence-electron chi connectivity index (χ0n) is 4.24. The molecule has 0 amide bonds. The Kier molecular flexibility index (Phi) is 2.40. The lowest BCUT2D eigenvalue weighted by atomic mass is 10.3. The molecule has 48 valence electrons. The molecule has 0 bridgehead atoms. The first kappa shape index (κ1) is 7.35. The van der Waals surface area contributed by atoms with E-state index in [1.54, 1.807) is 0 Å². The molecule has 0 aliphatic heterocycles. The van der Waals surface area contributed by atoms with E-state index >= 15 is 0 Å². The first-order valence-corrected chi connectivity index (χ1v) is 2.05. The van der Waals surface area contributed by atoms with E-state index in [1.165, 1.54) is 0 Å². The number of rotatable bonds is 2. The Bertz CT molecular complexity index is 92.5. The molecule has 0 heterocycles. The molecule has 7 N–H and O–H groups in total. The highest BCUT2D eigenvalue weighted by molar-refractivity contribution is 5.73. The highest BCUT2D eigenvalue weighted by Crippen LogP contribution is 1.75. The van der Waals surface area contributed by atoms with Crippen molar-refractivity contribution in [2.45, 2.75) is 12.2 Å². The topological polar surface area (TPSA) is 115 Å². The molecule has 0 aromatic rings. The van der Waals surface area contributed by atoms with E-state index in [0.717, 1.165) is 0 Å². The number of carboxylic acids is 1. The minimum atomic E-state index is -1.18. The van der Waals surface area contributed by atoms with Crippen molar-refractivity contribution in [1.82, 2.24) is 0 Å². The first-order chi connectivity index (χ1) is 3.55. The molecule has 0 rings (SSSR count). The average Bonchev–Trinajstić information content (AvgIpc) is 1.64. The van der Waals surface area contributed by atoms with Gasteiger partial charge in [-0.15, -0.1) is 0 Å². The summed E-state index contributed by atoms with van der Waals surface area (Å²) in [6.07, 6.45) is -0.979. The Morgan fingerprint density at radius 1 is 1.38 bits per heavy atom. The molecule has 0 fully saturated rings. The van der Waals surface area contributed by atoms with Gasteiger partial charge in [-0.3, -0.25) is 4.79 Å². The van der Waals surface area contributed by atoms with Crippen LogP contribution in [0.3, 0.4) is 0 Å². The second kappa shape index (κ2) is 2.61. The van der Waals surface area contributed by atoms with E-state index in [2.05, 4.69) is 0 Å². The van der Waals surface area contributed by atoms with Gasteiger partial charge in [0.15, 0.2) is 0 Å². The van der Waals surface area contributed by atoms with E-state index in [4.69, 9.17) is 22.3 Å². The van der Waals surface area contributed by atoms with Gasteiger partial charge >= 0.3 is 5.97 Å². The van der Waals surface area contributed by atoms with Crippen molar-refractivity contribution >= 4 is 5.97 Å². The summed E-state index contributed by atoms with van der Waals surface area (Å²) in [4.78, 5) is 9.86. The van der Waals surface area contributed by atoms with Crippen LogP contribution < -0.4 is 17.2 Å². The summed E-state index contributed by atoms with van der Waals surface area (Å²) < 4.78 is 0. The van der Waals surface area contributed by atoms with E-state index in [-0.39, 0.29) is 0 Å². The fourth-order valence-corrected chi connectivity index (χ4v) is 0.165. The number of aliphatic carboxylic acids is 1. The molecule has 0 aromatic heterocycles. The van der Waals surface area contributed by atoms with Crippen molar-refractivity contribution in [3.63, 3.8) is 0 Å². The van der Waals surface area contributed by atoms with Gasteiger partial charge in [0.05, 0.1) is 6.17 Å². The maximum absolute atomic E-state index is 9.86. The molecule has 0 aromatic carbocycles. The molecular weight excluding hydrogens is 110 g/mol. The molecule has 0 aliphatic carbocycles. The molecule has 0 unspecified atom stereocenters. The summed E-state index contributed by atoms with van der Waals surface area (Å²) in [6.45, 7) is 0. The van der Waals surface area contributed by atoms with Gasteiger partial charge in [-0.1, -0.05) is 0 Å². The third-order valence-corrected chi connectivity index (χ3v) is 0.700. The average molecular weight is 119 g/mol. The zero-order chi connectivity index (χ0) is 6.73. The number of nitrogens with two attached hydrogens (primary N) is 3. The minimum absolute atomic E-state index is 0.979. The highest BCUT2D eigenvalue weighted by atomic mass is 16.4. The monoisotopic (exact) mass is 119 g/mol. The maximum atomic E-state index is 9.86. The van der Waals surface area contributed by atoms with Crippen molar-refractivity contribution in [3.05, 3.63) is 0 Å². The molecule has 0 spiro atoms. The van der Waals surface area contributed by atoms with Crippen molar-refractivity contribution < 1.29 is 9.90 Å². The molecule has 1 atom stereocenters. The van der Waals surface area contributed by atoms with Crippen LogP contribution in [0.2, 0.25) is 0 Å². The molecule has 0 saturated heterocycles. The van der Waals surface area contributed by atoms with Crippen LogP contribution in [-0.2, 0) is 4.79 Å². The summed E-state index contributed by atoms with van der Waals surface area (Å²) in [5.41, 5.74) is 14.7.